The van der Waals surface area contributed by atoms with Gasteiger partial charge in [0, 0.05) is 5.69 Å². The van der Waals surface area contributed by atoms with Crippen molar-refractivity contribution in [3.63, 3.8) is 0 Å². The first-order valence-electron chi connectivity index (χ1n) is 7.24. The standard InChI is InChI=1S/C18H22NO2/c1-5-6-13-7-8-15-12-16(10-9-14(15)11-13)19-17(20)21-18(2,3)4/h6-12H,5H2,1-4H3,(H,19,20). The van der Waals surface area contributed by atoms with Crippen molar-refractivity contribution in [2.75, 3.05) is 5.32 Å². The van der Waals surface area contributed by atoms with Gasteiger partial charge in [0.25, 0.3) is 0 Å². The van der Waals surface area contributed by atoms with Gasteiger partial charge in [0.15, 0.2) is 0 Å². The molecule has 0 spiro atoms. The SMILES string of the molecule is CC[CH]c1ccc2cc(NC(=O)OC(C)(C)C)ccc2c1. The highest BCUT2D eigenvalue weighted by Crippen LogP contribution is 2.22. The zero-order chi connectivity index (χ0) is 15.5. The maximum Gasteiger partial charge on any atom is 0.412 e. The normalized spacial score (nSPS) is 11.4. The Morgan fingerprint density at radius 3 is 2.48 bits per heavy atom. The molecule has 0 heterocycles. The molecule has 3 nitrogen and oxygen atoms in total. The molecule has 2 rings (SSSR count). The first-order chi connectivity index (χ1) is 9.87. The van der Waals surface area contributed by atoms with Crippen LogP contribution in [0.15, 0.2) is 36.4 Å². The molecule has 111 valence electrons. The van der Waals surface area contributed by atoms with E-state index in [1.165, 1.54) is 5.56 Å². The minimum Gasteiger partial charge on any atom is -0.444 e. The van der Waals surface area contributed by atoms with E-state index in [1.54, 1.807) is 0 Å². The maximum absolute atomic E-state index is 11.8. The molecule has 0 bridgehead atoms. The van der Waals surface area contributed by atoms with E-state index in [9.17, 15) is 4.79 Å². The average molecular weight is 284 g/mol. The van der Waals surface area contributed by atoms with Crippen LogP contribution >= 0.6 is 0 Å². The molecule has 1 N–H and O–H groups in total. The van der Waals surface area contributed by atoms with Crippen LogP contribution in [0, 0.1) is 6.42 Å². The van der Waals surface area contributed by atoms with Crippen molar-refractivity contribution in [2.24, 2.45) is 0 Å². The molecule has 0 atom stereocenters. The van der Waals surface area contributed by atoms with Gasteiger partial charge in [-0.1, -0.05) is 31.2 Å². The number of nitrogens with one attached hydrogen (secondary N) is 1. The number of amides is 1. The van der Waals surface area contributed by atoms with Crippen molar-refractivity contribution in [3.05, 3.63) is 48.4 Å². The van der Waals surface area contributed by atoms with Crippen molar-refractivity contribution in [3.8, 4) is 0 Å². The summed E-state index contributed by atoms with van der Waals surface area (Å²) in [7, 11) is 0. The molecule has 0 aliphatic rings. The summed E-state index contributed by atoms with van der Waals surface area (Å²) >= 11 is 0. The molecule has 0 saturated carbocycles. The lowest BCUT2D eigenvalue weighted by atomic mass is 10.0. The van der Waals surface area contributed by atoms with Crippen LogP contribution in [0.25, 0.3) is 10.8 Å². The Morgan fingerprint density at radius 1 is 1.14 bits per heavy atom. The Morgan fingerprint density at radius 2 is 1.81 bits per heavy atom. The summed E-state index contributed by atoms with van der Waals surface area (Å²) in [4.78, 5) is 11.8. The highest BCUT2D eigenvalue weighted by Gasteiger charge is 2.16. The topological polar surface area (TPSA) is 38.3 Å². The Balaban J connectivity index is 2.16. The minimum absolute atomic E-state index is 0.433. The molecule has 0 unspecified atom stereocenters. The lowest BCUT2D eigenvalue weighted by Crippen LogP contribution is -2.27. The zero-order valence-corrected chi connectivity index (χ0v) is 13.1. The second-order valence-corrected chi connectivity index (χ2v) is 6.06. The van der Waals surface area contributed by atoms with E-state index in [4.69, 9.17) is 4.74 Å². The predicted octanol–water partition coefficient (Wildman–Crippen LogP) is 5.15. The number of fused-ring (bicyclic) bond motifs is 1. The van der Waals surface area contributed by atoms with E-state index >= 15 is 0 Å². The van der Waals surface area contributed by atoms with E-state index in [2.05, 4.69) is 36.9 Å². The van der Waals surface area contributed by atoms with Gasteiger partial charge in [0.2, 0.25) is 0 Å². The molecule has 2 aromatic rings. The number of benzene rings is 2. The molecule has 0 saturated heterocycles. The van der Waals surface area contributed by atoms with Crippen molar-refractivity contribution in [1.82, 2.24) is 0 Å². The van der Waals surface area contributed by atoms with Gasteiger partial charge in [-0.2, -0.15) is 0 Å². The number of hydrogen-bond donors (Lipinski definition) is 1. The molecular weight excluding hydrogens is 262 g/mol. The van der Waals surface area contributed by atoms with Gasteiger partial charge in [-0.05, 0) is 62.1 Å². The van der Waals surface area contributed by atoms with Crippen molar-refractivity contribution in [1.29, 1.82) is 0 Å². The van der Waals surface area contributed by atoms with Crippen LogP contribution in [0.5, 0.6) is 0 Å². The summed E-state index contributed by atoms with van der Waals surface area (Å²) in [6, 6.07) is 12.2. The van der Waals surface area contributed by atoms with Gasteiger partial charge < -0.3 is 4.74 Å². The van der Waals surface area contributed by atoms with Gasteiger partial charge in [0.05, 0.1) is 0 Å². The number of anilines is 1. The first-order valence-corrected chi connectivity index (χ1v) is 7.24. The molecule has 1 radical (unpaired) electrons. The Labute approximate surface area is 126 Å². The smallest absolute Gasteiger partial charge is 0.412 e. The molecule has 1 amide bonds. The third-order valence-electron chi connectivity index (χ3n) is 2.95. The summed E-state index contributed by atoms with van der Waals surface area (Å²) < 4.78 is 5.25. The third-order valence-corrected chi connectivity index (χ3v) is 2.95. The summed E-state index contributed by atoms with van der Waals surface area (Å²) in [6.45, 7) is 7.66. The minimum atomic E-state index is -0.494. The van der Waals surface area contributed by atoms with E-state index in [0.717, 1.165) is 22.9 Å². The van der Waals surface area contributed by atoms with Crippen molar-refractivity contribution < 1.29 is 9.53 Å². The molecular formula is C18H22NO2. The van der Waals surface area contributed by atoms with Crippen LogP contribution in [0.1, 0.15) is 39.7 Å². The van der Waals surface area contributed by atoms with E-state index in [1.807, 2.05) is 39.0 Å². The summed E-state index contributed by atoms with van der Waals surface area (Å²) in [5.74, 6) is 0. The van der Waals surface area contributed by atoms with Crippen LogP contribution in [0.3, 0.4) is 0 Å². The third kappa shape index (κ3) is 4.48. The van der Waals surface area contributed by atoms with Gasteiger partial charge in [-0.25, -0.2) is 4.79 Å². The fourth-order valence-corrected chi connectivity index (χ4v) is 2.13. The summed E-state index contributed by atoms with van der Waals surface area (Å²) in [6.07, 6.45) is 2.77. The fourth-order valence-electron chi connectivity index (χ4n) is 2.13. The predicted molar refractivity (Wildman–Crippen MR) is 87.5 cm³/mol. The van der Waals surface area contributed by atoms with E-state index in [0.29, 0.717) is 0 Å². The largest absolute Gasteiger partial charge is 0.444 e. The molecule has 0 aromatic heterocycles. The average Bonchev–Trinajstić information content (AvgIpc) is 2.37. The monoisotopic (exact) mass is 284 g/mol. The Bertz CT molecular complexity index is 641. The summed E-state index contributed by atoms with van der Waals surface area (Å²) in [5, 5.41) is 5.01. The second-order valence-electron chi connectivity index (χ2n) is 6.06. The molecule has 21 heavy (non-hydrogen) atoms. The number of carbonyl (C=O) groups is 1. The van der Waals surface area contributed by atoms with Crippen LogP contribution in [-0.2, 0) is 4.74 Å². The van der Waals surface area contributed by atoms with Crippen LogP contribution in [0.2, 0.25) is 0 Å². The number of hydrogen-bond acceptors (Lipinski definition) is 2. The Hall–Kier alpha value is -2.03. The fraction of sp³-hybridized carbons (Fsp3) is 0.333. The highest BCUT2D eigenvalue weighted by atomic mass is 16.6. The number of ether oxygens (including phenoxy) is 1. The number of rotatable bonds is 3. The summed E-state index contributed by atoms with van der Waals surface area (Å²) in [5.41, 5.74) is 1.47. The van der Waals surface area contributed by atoms with Gasteiger partial charge in [-0.15, -0.1) is 0 Å². The van der Waals surface area contributed by atoms with Crippen molar-refractivity contribution >= 4 is 22.6 Å². The van der Waals surface area contributed by atoms with Crippen LogP contribution in [0.4, 0.5) is 10.5 Å². The lowest BCUT2D eigenvalue weighted by molar-refractivity contribution is 0.0636. The maximum atomic E-state index is 11.8. The van der Waals surface area contributed by atoms with Crippen molar-refractivity contribution in [2.45, 2.75) is 39.7 Å². The number of carbonyl (C=O) groups excluding carboxylic acids is 1. The quantitative estimate of drug-likeness (QED) is 0.846. The van der Waals surface area contributed by atoms with E-state index < -0.39 is 11.7 Å². The van der Waals surface area contributed by atoms with Gasteiger partial charge in [-0.3, -0.25) is 5.32 Å². The molecule has 2 aromatic carbocycles. The van der Waals surface area contributed by atoms with Crippen LogP contribution < -0.4 is 5.32 Å². The Kier molecular flexibility index (Phi) is 4.51. The molecule has 0 aliphatic carbocycles. The molecule has 0 fully saturated rings. The van der Waals surface area contributed by atoms with Gasteiger partial charge >= 0.3 is 6.09 Å². The molecule has 3 heteroatoms. The van der Waals surface area contributed by atoms with Gasteiger partial charge in [0.1, 0.15) is 5.60 Å². The molecule has 0 aliphatic heterocycles. The highest BCUT2D eigenvalue weighted by molar-refractivity contribution is 5.91. The second kappa shape index (κ2) is 6.17. The zero-order valence-electron chi connectivity index (χ0n) is 13.1. The van der Waals surface area contributed by atoms with E-state index in [-0.39, 0.29) is 0 Å². The lowest BCUT2D eigenvalue weighted by Gasteiger charge is -2.19. The first kappa shape index (κ1) is 15.4. The van der Waals surface area contributed by atoms with Crippen LogP contribution in [-0.4, -0.2) is 11.7 Å².